The number of esters is 1. The third-order valence-corrected chi connectivity index (χ3v) is 5.98. The molecule has 0 saturated carbocycles. The number of hydrogen-bond donors (Lipinski definition) is 4. The summed E-state index contributed by atoms with van der Waals surface area (Å²) in [4.78, 5) is 39.6. The van der Waals surface area contributed by atoms with Crippen LogP contribution in [0.25, 0.3) is 0 Å². The first-order valence-corrected chi connectivity index (χ1v) is 13.1. The van der Waals surface area contributed by atoms with Gasteiger partial charge in [0.25, 0.3) is 0 Å². The van der Waals surface area contributed by atoms with Crippen LogP contribution in [-0.4, -0.2) is 49.6 Å². The Balaban J connectivity index is 2.78. The van der Waals surface area contributed by atoms with Gasteiger partial charge in [-0.3, -0.25) is 14.4 Å². The van der Waals surface area contributed by atoms with Crippen molar-refractivity contribution in [2.75, 3.05) is 11.1 Å². The average Bonchev–Trinajstić information content (AvgIpc) is 2.71. The van der Waals surface area contributed by atoms with Crippen LogP contribution >= 0.6 is 0 Å². The molecular weight excluding hydrogens is 474 g/mol. The highest BCUT2D eigenvalue weighted by Gasteiger charge is 2.29. The normalized spacial score (nSPS) is 12.5. The number of aliphatic imine (C=N–C) groups is 1. The van der Waals surface area contributed by atoms with Gasteiger partial charge in [-0.1, -0.05) is 25.5 Å². The van der Waals surface area contributed by atoms with Gasteiger partial charge in [0.15, 0.2) is 5.96 Å². The summed E-state index contributed by atoms with van der Waals surface area (Å²) in [6.07, 6.45) is 1.71. The van der Waals surface area contributed by atoms with Crippen LogP contribution in [0.3, 0.4) is 0 Å². The van der Waals surface area contributed by atoms with Gasteiger partial charge < -0.3 is 21.5 Å². The third kappa shape index (κ3) is 13.5. The van der Waals surface area contributed by atoms with E-state index in [1.807, 2.05) is 6.92 Å². The maximum absolute atomic E-state index is 12.7. The molecule has 0 aliphatic heterocycles. The number of nitrogens with two attached hydrogens (primary N) is 2. The predicted molar refractivity (Wildman–Crippen MR) is 135 cm³/mol. The van der Waals surface area contributed by atoms with Crippen molar-refractivity contribution < 1.29 is 27.5 Å². The van der Waals surface area contributed by atoms with Gasteiger partial charge in [-0.2, -0.15) is 4.99 Å². The van der Waals surface area contributed by atoms with Crippen molar-refractivity contribution in [2.24, 2.45) is 16.5 Å². The molecule has 0 bridgehead atoms. The second-order valence-electron chi connectivity index (χ2n) is 9.11. The highest BCUT2D eigenvalue weighted by Crippen LogP contribution is 2.15. The van der Waals surface area contributed by atoms with E-state index in [1.54, 1.807) is 45.0 Å². The minimum atomic E-state index is -3.66. The predicted octanol–water partition coefficient (Wildman–Crippen LogP) is 1.57. The van der Waals surface area contributed by atoms with Crippen molar-refractivity contribution in [3.8, 4) is 0 Å². The van der Waals surface area contributed by atoms with Gasteiger partial charge in [-0.05, 0) is 57.7 Å². The minimum Gasteiger partial charge on any atom is -0.459 e. The molecule has 0 aliphatic carbocycles. The number of nitrogens with one attached hydrogen (secondary N) is 2. The Bertz CT molecular complexity index is 996. The molecular formula is C23H37N5O6S. The fourth-order valence-electron chi connectivity index (χ4n) is 2.94. The topological polar surface area (TPSA) is 183 Å². The summed E-state index contributed by atoms with van der Waals surface area (Å²) in [6, 6.07) is 5.59. The first kappa shape index (κ1) is 30.0. The summed E-state index contributed by atoms with van der Waals surface area (Å²) in [6.45, 7) is 7.01. The quantitative estimate of drug-likeness (QED) is 0.175. The van der Waals surface area contributed by atoms with Crippen LogP contribution < -0.4 is 21.5 Å². The Hall–Kier alpha value is -2.99. The van der Waals surface area contributed by atoms with E-state index in [-0.39, 0.29) is 43.3 Å². The second kappa shape index (κ2) is 13.8. The third-order valence-electron chi connectivity index (χ3n) is 4.51. The van der Waals surface area contributed by atoms with Gasteiger partial charge >= 0.3 is 5.97 Å². The lowest BCUT2D eigenvalue weighted by molar-refractivity contribution is -0.156. The first-order valence-electron chi connectivity index (χ1n) is 11.4. The number of amides is 2. The molecule has 12 heteroatoms. The summed E-state index contributed by atoms with van der Waals surface area (Å²) < 4.78 is 32.7. The van der Waals surface area contributed by atoms with Gasteiger partial charge in [0.2, 0.25) is 21.8 Å². The van der Waals surface area contributed by atoms with Gasteiger partial charge in [-0.15, -0.1) is 0 Å². The number of hydrogen-bond acceptors (Lipinski definition) is 6. The molecule has 0 fully saturated rings. The van der Waals surface area contributed by atoms with E-state index in [2.05, 4.69) is 15.0 Å². The maximum Gasteiger partial charge on any atom is 0.325 e. The Labute approximate surface area is 207 Å². The van der Waals surface area contributed by atoms with Crippen LogP contribution in [0.2, 0.25) is 0 Å². The van der Waals surface area contributed by atoms with Gasteiger partial charge in [0.1, 0.15) is 11.6 Å². The van der Waals surface area contributed by atoms with Gasteiger partial charge in [0, 0.05) is 18.5 Å². The van der Waals surface area contributed by atoms with E-state index in [1.165, 1.54) is 0 Å². The van der Waals surface area contributed by atoms with E-state index in [4.69, 9.17) is 16.2 Å². The largest absolute Gasteiger partial charge is 0.459 e. The van der Waals surface area contributed by atoms with Crippen molar-refractivity contribution in [1.29, 1.82) is 0 Å². The Kier molecular flexibility index (Phi) is 11.8. The van der Waals surface area contributed by atoms with Crippen molar-refractivity contribution >= 4 is 39.5 Å². The molecule has 11 nitrogen and oxygen atoms in total. The summed E-state index contributed by atoms with van der Waals surface area (Å²) >= 11 is 0. The lowest BCUT2D eigenvalue weighted by atomic mass is 10.1. The Morgan fingerprint density at radius 1 is 1.06 bits per heavy atom. The smallest absolute Gasteiger partial charge is 0.325 e. The average molecular weight is 512 g/mol. The number of sulfonamides is 1. The molecule has 0 saturated heterocycles. The van der Waals surface area contributed by atoms with E-state index < -0.39 is 33.5 Å². The highest BCUT2D eigenvalue weighted by molar-refractivity contribution is 7.89. The zero-order valence-corrected chi connectivity index (χ0v) is 21.6. The van der Waals surface area contributed by atoms with Crippen molar-refractivity contribution in [3.05, 3.63) is 29.8 Å². The number of carbonyl (C=O) groups excluding carboxylic acids is 3. The number of anilines is 1. The molecule has 0 aliphatic rings. The van der Waals surface area contributed by atoms with Crippen LogP contribution in [0.5, 0.6) is 0 Å². The van der Waals surface area contributed by atoms with Crippen LogP contribution in [0, 0.1) is 0 Å². The van der Waals surface area contributed by atoms with Gasteiger partial charge in [0.05, 0.1) is 5.75 Å². The number of nitrogens with zero attached hydrogens (tertiary/aromatic N) is 1. The summed E-state index contributed by atoms with van der Waals surface area (Å²) in [5.41, 5.74) is 10.7. The van der Waals surface area contributed by atoms with Crippen LogP contribution in [0.15, 0.2) is 29.3 Å². The second-order valence-corrected chi connectivity index (χ2v) is 11.0. The van der Waals surface area contributed by atoms with E-state index in [0.29, 0.717) is 24.1 Å². The van der Waals surface area contributed by atoms with Crippen molar-refractivity contribution in [2.45, 2.75) is 77.9 Å². The molecule has 1 rings (SSSR count). The molecule has 0 heterocycles. The summed E-state index contributed by atoms with van der Waals surface area (Å²) in [5, 5.41) is 2.71. The summed E-state index contributed by atoms with van der Waals surface area (Å²) in [7, 11) is -3.66. The maximum atomic E-state index is 12.7. The van der Waals surface area contributed by atoms with Crippen molar-refractivity contribution in [3.63, 3.8) is 0 Å². The lowest BCUT2D eigenvalue weighted by Gasteiger charge is -2.24. The Morgan fingerprint density at radius 2 is 1.69 bits per heavy atom. The number of ether oxygens (including phenoxy) is 1. The molecule has 1 aromatic rings. The van der Waals surface area contributed by atoms with Crippen LogP contribution in [-0.2, 0) is 35.6 Å². The molecule has 35 heavy (non-hydrogen) atoms. The zero-order chi connectivity index (χ0) is 26.6. The number of guanidine groups is 1. The van der Waals surface area contributed by atoms with Crippen LogP contribution in [0.1, 0.15) is 65.4 Å². The number of carbonyl (C=O) groups is 3. The number of benzene rings is 1. The van der Waals surface area contributed by atoms with Crippen LogP contribution in [0.4, 0.5) is 5.69 Å². The molecule has 0 radical (unpaired) electrons. The molecule has 196 valence electrons. The molecule has 0 unspecified atom stereocenters. The number of rotatable bonds is 13. The molecule has 0 spiro atoms. The van der Waals surface area contributed by atoms with E-state index in [0.717, 1.165) is 0 Å². The molecule has 1 aromatic carbocycles. The molecule has 1 atom stereocenters. The van der Waals surface area contributed by atoms with E-state index >= 15 is 0 Å². The summed E-state index contributed by atoms with van der Waals surface area (Å²) in [5.74, 6) is -1.84. The minimum absolute atomic E-state index is 0.0461. The molecule has 2 amide bonds. The standard InChI is InChI=1S/C23H37N5O6S/c1-5-6-14-35(32,33)28-18(21(31)34-23(2,3)4)15-16-10-12-17(13-11-16)26-19(29)8-7-9-20(30)27-22(24)25/h10-13,18,28H,5-9,14-15H2,1-4H3,(H,26,29)(H4,24,25,27,30)/t18-/m0/s1. The Morgan fingerprint density at radius 3 is 2.23 bits per heavy atom. The number of unbranched alkanes of at least 4 members (excludes halogenated alkanes) is 1. The van der Waals surface area contributed by atoms with Gasteiger partial charge in [-0.25, -0.2) is 13.1 Å². The molecule has 6 N–H and O–H groups in total. The monoisotopic (exact) mass is 511 g/mol. The molecule has 0 aromatic heterocycles. The lowest BCUT2D eigenvalue weighted by Crippen LogP contribution is -2.46. The fourth-order valence-corrected chi connectivity index (χ4v) is 4.34. The van der Waals surface area contributed by atoms with E-state index in [9.17, 15) is 22.8 Å². The zero-order valence-electron chi connectivity index (χ0n) is 20.8. The fraction of sp³-hybridized carbons (Fsp3) is 0.565. The highest BCUT2D eigenvalue weighted by atomic mass is 32.2. The van der Waals surface area contributed by atoms with Crippen molar-refractivity contribution in [1.82, 2.24) is 4.72 Å². The first-order chi connectivity index (χ1) is 16.2. The SMILES string of the molecule is CCCCS(=O)(=O)N[C@@H](Cc1ccc(NC(=O)CCCC(=O)N=C(N)N)cc1)C(=O)OC(C)(C)C.